The van der Waals surface area contributed by atoms with E-state index < -0.39 is 13.1 Å². The van der Waals surface area contributed by atoms with Crippen molar-refractivity contribution >= 4 is 13.1 Å². The van der Waals surface area contributed by atoms with Crippen molar-refractivity contribution in [2.75, 3.05) is 6.54 Å². The largest absolute Gasteiger partial charge is 0.396 e. The van der Waals surface area contributed by atoms with Gasteiger partial charge < -0.3 is 15.5 Å². The van der Waals surface area contributed by atoms with E-state index in [-0.39, 0.29) is 12.1 Å². The summed E-state index contributed by atoms with van der Waals surface area (Å²) in [6, 6.07) is 0. The number of carbonyl (C=O) groups excluding carboxylic acids is 1. The summed E-state index contributed by atoms with van der Waals surface area (Å²) in [4.78, 5) is 29.5. The third-order valence-corrected chi connectivity index (χ3v) is 4.14. The number of rotatable bonds is 9. The molecule has 0 atom stereocenters. The summed E-state index contributed by atoms with van der Waals surface area (Å²) in [6.07, 6.45) is 7.57. The molecule has 0 aromatic carbocycles. The van der Waals surface area contributed by atoms with E-state index in [4.69, 9.17) is 15.5 Å². The summed E-state index contributed by atoms with van der Waals surface area (Å²) < 4.78 is 11.0. The fourth-order valence-corrected chi connectivity index (χ4v) is 2.63. The van der Waals surface area contributed by atoms with Crippen LogP contribution in [-0.4, -0.2) is 21.9 Å². The second-order valence-electron chi connectivity index (χ2n) is 5.72. The Balaban J connectivity index is 4.67. The third-order valence-electron chi connectivity index (χ3n) is 3.35. The highest BCUT2D eigenvalue weighted by atomic mass is 31.2. The van der Waals surface area contributed by atoms with Crippen LogP contribution in [0.5, 0.6) is 0 Å². The van der Waals surface area contributed by atoms with Crippen LogP contribution in [0.3, 0.4) is 0 Å². The minimum atomic E-state index is -4.76. The van der Waals surface area contributed by atoms with Crippen LogP contribution in [0, 0.1) is 0 Å². The van der Waals surface area contributed by atoms with Gasteiger partial charge in [-0.25, -0.2) is 0 Å². The fourth-order valence-electron chi connectivity index (χ4n) is 2.00. The zero-order chi connectivity index (χ0) is 17.3. The first-order valence-electron chi connectivity index (χ1n) is 7.37. The van der Waals surface area contributed by atoms with Crippen molar-refractivity contribution in [3.05, 3.63) is 34.4 Å². The Morgan fingerprint density at radius 2 is 1.59 bits per heavy atom. The molecule has 5 nitrogen and oxygen atoms in total. The molecule has 0 unspecified atom stereocenters. The summed E-state index contributed by atoms with van der Waals surface area (Å²) in [6.45, 7) is 7.74. The fraction of sp³-hybridized carbons (Fsp3) is 0.562. The standard InChI is InChI=1S/C16H28NO4P/c1-12(2)7-5-8-13(3)9-6-10-14(4)15(11-17)16(18)22(19,20)21/h7,9H,5-6,8,10-11,17H2,1-4H3,(H2,19,20,21)/b13-9+,15-14-. The van der Waals surface area contributed by atoms with Gasteiger partial charge in [-0.3, -0.25) is 9.36 Å². The Kier molecular flexibility index (Phi) is 9.45. The minimum Gasteiger partial charge on any atom is -0.326 e. The molecule has 22 heavy (non-hydrogen) atoms. The zero-order valence-corrected chi connectivity index (χ0v) is 14.8. The molecule has 0 heterocycles. The number of hydrogen-bond acceptors (Lipinski definition) is 3. The molecule has 0 aliphatic rings. The van der Waals surface area contributed by atoms with E-state index in [1.54, 1.807) is 6.92 Å². The Labute approximate surface area is 133 Å². The Hall–Kier alpha value is -1.00. The normalized spacial score (nSPS) is 13.7. The molecule has 126 valence electrons. The van der Waals surface area contributed by atoms with Crippen molar-refractivity contribution in [2.24, 2.45) is 5.73 Å². The molecule has 0 spiro atoms. The first-order valence-corrected chi connectivity index (χ1v) is 8.99. The van der Waals surface area contributed by atoms with Crippen LogP contribution in [-0.2, 0) is 9.36 Å². The van der Waals surface area contributed by atoms with E-state index in [2.05, 4.69) is 32.9 Å². The van der Waals surface area contributed by atoms with Crippen LogP contribution in [0.15, 0.2) is 34.4 Å². The Bertz CT molecular complexity index is 522. The second kappa shape index (κ2) is 9.90. The molecule has 0 fully saturated rings. The van der Waals surface area contributed by atoms with Gasteiger partial charge in [0.25, 0.3) is 5.52 Å². The van der Waals surface area contributed by atoms with Crippen molar-refractivity contribution < 1.29 is 19.1 Å². The van der Waals surface area contributed by atoms with Gasteiger partial charge in [-0.15, -0.1) is 0 Å². The molecule has 4 N–H and O–H groups in total. The maximum Gasteiger partial charge on any atom is 0.396 e. The van der Waals surface area contributed by atoms with Gasteiger partial charge >= 0.3 is 7.60 Å². The van der Waals surface area contributed by atoms with E-state index in [1.807, 2.05) is 0 Å². The van der Waals surface area contributed by atoms with Crippen LogP contribution < -0.4 is 5.73 Å². The maximum atomic E-state index is 11.6. The first kappa shape index (κ1) is 21.0. The maximum absolute atomic E-state index is 11.6. The van der Waals surface area contributed by atoms with Crippen molar-refractivity contribution in [3.8, 4) is 0 Å². The van der Waals surface area contributed by atoms with E-state index in [1.165, 1.54) is 11.1 Å². The summed E-state index contributed by atoms with van der Waals surface area (Å²) in [5.74, 6) is 0. The van der Waals surface area contributed by atoms with Crippen molar-refractivity contribution in [3.63, 3.8) is 0 Å². The van der Waals surface area contributed by atoms with E-state index in [0.29, 0.717) is 12.0 Å². The van der Waals surface area contributed by atoms with Crippen molar-refractivity contribution in [1.82, 2.24) is 0 Å². The van der Waals surface area contributed by atoms with Gasteiger partial charge in [0.1, 0.15) is 0 Å². The van der Waals surface area contributed by atoms with Crippen molar-refractivity contribution in [2.45, 2.75) is 53.4 Å². The molecule has 0 aromatic rings. The summed E-state index contributed by atoms with van der Waals surface area (Å²) in [5.41, 5.74) is 7.55. The number of hydrogen-bond donors (Lipinski definition) is 3. The molecule has 0 saturated carbocycles. The molecule has 0 rings (SSSR count). The van der Waals surface area contributed by atoms with Crippen LogP contribution in [0.2, 0.25) is 0 Å². The Morgan fingerprint density at radius 3 is 2.05 bits per heavy atom. The average Bonchev–Trinajstić information content (AvgIpc) is 2.37. The van der Waals surface area contributed by atoms with Crippen LogP contribution in [0.4, 0.5) is 0 Å². The summed E-state index contributed by atoms with van der Waals surface area (Å²) >= 11 is 0. The van der Waals surface area contributed by atoms with E-state index in [0.717, 1.165) is 19.3 Å². The third kappa shape index (κ3) is 8.44. The van der Waals surface area contributed by atoms with Crippen LogP contribution >= 0.6 is 7.60 Å². The molecular weight excluding hydrogens is 301 g/mol. The highest BCUT2D eigenvalue weighted by Gasteiger charge is 2.29. The average molecular weight is 329 g/mol. The number of carbonyl (C=O) groups is 1. The predicted octanol–water partition coefficient (Wildman–Crippen LogP) is 3.44. The molecule has 0 amide bonds. The summed E-state index contributed by atoms with van der Waals surface area (Å²) in [7, 11) is -4.76. The molecule has 0 aliphatic heterocycles. The highest BCUT2D eigenvalue weighted by molar-refractivity contribution is 7.70. The van der Waals surface area contributed by atoms with Gasteiger partial charge in [0.05, 0.1) is 0 Å². The van der Waals surface area contributed by atoms with Gasteiger partial charge in [0, 0.05) is 12.1 Å². The van der Waals surface area contributed by atoms with E-state index in [9.17, 15) is 9.36 Å². The lowest BCUT2D eigenvalue weighted by Crippen LogP contribution is -2.15. The number of allylic oxidation sites excluding steroid dienone is 5. The minimum absolute atomic E-state index is 0.0453. The molecule has 6 heteroatoms. The summed E-state index contributed by atoms with van der Waals surface area (Å²) in [5, 5.41) is 0. The topological polar surface area (TPSA) is 101 Å². The quantitative estimate of drug-likeness (QED) is 0.342. The lowest BCUT2D eigenvalue weighted by atomic mass is 10.0. The monoisotopic (exact) mass is 329 g/mol. The van der Waals surface area contributed by atoms with Crippen LogP contribution in [0.25, 0.3) is 0 Å². The highest BCUT2D eigenvalue weighted by Crippen LogP contribution is 2.39. The van der Waals surface area contributed by atoms with Gasteiger partial charge in [-0.05, 0) is 53.4 Å². The van der Waals surface area contributed by atoms with Gasteiger partial charge in [0.2, 0.25) is 0 Å². The van der Waals surface area contributed by atoms with Crippen LogP contribution in [0.1, 0.15) is 53.4 Å². The predicted molar refractivity (Wildman–Crippen MR) is 90.5 cm³/mol. The van der Waals surface area contributed by atoms with E-state index >= 15 is 0 Å². The SMILES string of the molecule is CC(C)=CCC/C(C)=C/CC/C(C)=C(/CN)C(=O)P(=O)(O)O. The zero-order valence-electron chi connectivity index (χ0n) is 13.9. The van der Waals surface area contributed by atoms with Gasteiger partial charge in [0.15, 0.2) is 0 Å². The molecule has 0 radical (unpaired) electrons. The van der Waals surface area contributed by atoms with Crippen molar-refractivity contribution in [1.29, 1.82) is 0 Å². The lowest BCUT2D eigenvalue weighted by molar-refractivity contribution is -0.110. The molecule has 0 bridgehead atoms. The number of nitrogens with two attached hydrogens (primary N) is 1. The molecule has 0 aliphatic carbocycles. The molecule has 0 saturated heterocycles. The smallest absolute Gasteiger partial charge is 0.326 e. The lowest BCUT2D eigenvalue weighted by Gasteiger charge is -2.10. The Morgan fingerprint density at radius 1 is 1.05 bits per heavy atom. The molecule has 0 aromatic heterocycles. The van der Waals surface area contributed by atoms with Gasteiger partial charge in [-0.1, -0.05) is 28.9 Å². The van der Waals surface area contributed by atoms with Gasteiger partial charge in [-0.2, -0.15) is 0 Å². The second-order valence-corrected chi connectivity index (χ2v) is 7.22. The first-order chi connectivity index (χ1) is 10.1. The molecular formula is C16H28NO4P.